The van der Waals surface area contributed by atoms with Crippen LogP contribution in [-0.2, 0) is 16.0 Å². The second-order valence-corrected chi connectivity index (χ2v) is 9.53. The number of hydrogen-bond donors (Lipinski definition) is 1. The van der Waals surface area contributed by atoms with E-state index in [0.717, 1.165) is 36.0 Å². The van der Waals surface area contributed by atoms with E-state index in [9.17, 15) is 14.0 Å². The average molecular weight is 453 g/mol. The summed E-state index contributed by atoms with van der Waals surface area (Å²) in [7, 11) is 0. The van der Waals surface area contributed by atoms with E-state index >= 15 is 0 Å². The molecule has 1 N–H and O–H groups in total. The topological polar surface area (TPSA) is 58.6 Å². The molecule has 0 aromatic heterocycles. The Morgan fingerprint density at radius 1 is 1.18 bits per heavy atom. The molecule has 33 heavy (non-hydrogen) atoms. The molecule has 0 spiro atoms. The molecule has 0 unspecified atom stereocenters. The minimum atomic E-state index is -0.595. The number of fused-ring (bicyclic) bond motifs is 1. The van der Waals surface area contributed by atoms with E-state index in [1.807, 2.05) is 49.9 Å². The summed E-state index contributed by atoms with van der Waals surface area (Å²) in [6.45, 7) is 7.23. The van der Waals surface area contributed by atoms with Gasteiger partial charge < -0.3 is 15.0 Å². The SMILES string of the molecule is CC[C@@H](Oc1ccc2c(c1)[C@H](c1cccc(F)c1)N(C(=O)C1CC1)CC2)C(=O)NCC(C)C. The molecule has 4 rings (SSSR count). The van der Waals surface area contributed by atoms with Crippen LogP contribution in [0.3, 0.4) is 0 Å². The van der Waals surface area contributed by atoms with E-state index in [1.54, 1.807) is 6.07 Å². The van der Waals surface area contributed by atoms with Crippen LogP contribution < -0.4 is 10.1 Å². The highest BCUT2D eigenvalue weighted by Gasteiger charge is 2.39. The lowest BCUT2D eigenvalue weighted by atomic mass is 9.87. The van der Waals surface area contributed by atoms with Gasteiger partial charge in [-0.3, -0.25) is 9.59 Å². The zero-order valence-electron chi connectivity index (χ0n) is 19.6. The summed E-state index contributed by atoms with van der Waals surface area (Å²) in [5.74, 6) is 0.714. The molecule has 176 valence electrons. The minimum Gasteiger partial charge on any atom is -0.481 e. The highest BCUT2D eigenvalue weighted by Crippen LogP contribution is 2.41. The van der Waals surface area contributed by atoms with Gasteiger partial charge in [0, 0.05) is 19.0 Å². The van der Waals surface area contributed by atoms with Gasteiger partial charge in [-0.25, -0.2) is 4.39 Å². The molecule has 1 fully saturated rings. The maximum Gasteiger partial charge on any atom is 0.261 e. The Morgan fingerprint density at radius 2 is 1.97 bits per heavy atom. The fraction of sp³-hybridized carbons (Fsp3) is 0.481. The molecule has 1 aliphatic carbocycles. The number of carbonyl (C=O) groups excluding carboxylic acids is 2. The predicted molar refractivity (Wildman–Crippen MR) is 125 cm³/mol. The molecule has 2 amide bonds. The first-order valence-electron chi connectivity index (χ1n) is 12.0. The lowest BCUT2D eigenvalue weighted by Crippen LogP contribution is -2.41. The lowest BCUT2D eigenvalue weighted by molar-refractivity contribution is -0.134. The Labute approximate surface area is 195 Å². The van der Waals surface area contributed by atoms with Crippen LogP contribution in [0.5, 0.6) is 5.75 Å². The van der Waals surface area contributed by atoms with Crippen LogP contribution in [-0.4, -0.2) is 35.9 Å². The fourth-order valence-corrected chi connectivity index (χ4v) is 4.41. The van der Waals surface area contributed by atoms with Gasteiger partial charge in [0.15, 0.2) is 6.10 Å². The second kappa shape index (κ2) is 9.94. The molecule has 2 aliphatic rings. The Balaban J connectivity index is 1.64. The molecule has 1 saturated carbocycles. The van der Waals surface area contributed by atoms with Gasteiger partial charge >= 0.3 is 0 Å². The number of nitrogens with zero attached hydrogens (tertiary/aromatic N) is 1. The number of nitrogens with one attached hydrogen (secondary N) is 1. The molecule has 0 radical (unpaired) electrons. The van der Waals surface area contributed by atoms with Crippen molar-refractivity contribution in [3.63, 3.8) is 0 Å². The Kier molecular flexibility index (Phi) is 7.01. The summed E-state index contributed by atoms with van der Waals surface area (Å²) >= 11 is 0. The summed E-state index contributed by atoms with van der Waals surface area (Å²) < 4.78 is 20.2. The summed E-state index contributed by atoms with van der Waals surface area (Å²) in [6, 6.07) is 11.9. The van der Waals surface area contributed by atoms with Crippen molar-refractivity contribution in [2.45, 2.75) is 58.6 Å². The Morgan fingerprint density at radius 3 is 2.64 bits per heavy atom. The molecule has 0 bridgehead atoms. The zero-order valence-corrected chi connectivity index (χ0v) is 19.6. The number of halogens is 1. The highest BCUT2D eigenvalue weighted by molar-refractivity contribution is 5.82. The van der Waals surface area contributed by atoms with Crippen LogP contribution >= 0.6 is 0 Å². The molecule has 6 heteroatoms. The van der Waals surface area contributed by atoms with Crippen molar-refractivity contribution in [3.8, 4) is 5.75 Å². The standard InChI is InChI=1S/C27H33FN2O3/c1-4-24(26(31)29-16-17(2)3)33-22-11-10-18-12-13-30(27(32)19-8-9-19)25(23(18)15-22)20-6-5-7-21(28)14-20/h5-7,10-11,14-15,17,19,24-25H,4,8-9,12-13,16H2,1-3H3,(H,29,31)/t24-,25+/m1/s1. The van der Waals surface area contributed by atoms with Crippen LogP contribution in [0, 0.1) is 17.7 Å². The molecule has 2 aromatic carbocycles. The van der Waals surface area contributed by atoms with Crippen molar-refractivity contribution in [3.05, 3.63) is 65.0 Å². The molecular formula is C27H33FN2O3. The smallest absolute Gasteiger partial charge is 0.261 e. The quantitative estimate of drug-likeness (QED) is 0.635. The van der Waals surface area contributed by atoms with Crippen LogP contribution in [0.1, 0.15) is 62.8 Å². The van der Waals surface area contributed by atoms with Crippen molar-refractivity contribution in [2.24, 2.45) is 11.8 Å². The average Bonchev–Trinajstić information content (AvgIpc) is 3.65. The lowest BCUT2D eigenvalue weighted by Gasteiger charge is -2.38. The number of amides is 2. The van der Waals surface area contributed by atoms with E-state index in [-0.39, 0.29) is 29.6 Å². The summed E-state index contributed by atoms with van der Waals surface area (Å²) in [5, 5.41) is 2.94. The highest BCUT2D eigenvalue weighted by atomic mass is 19.1. The van der Waals surface area contributed by atoms with E-state index in [2.05, 4.69) is 5.32 Å². The summed E-state index contributed by atoms with van der Waals surface area (Å²) in [5.41, 5.74) is 2.81. The van der Waals surface area contributed by atoms with Gasteiger partial charge in [0.2, 0.25) is 5.91 Å². The van der Waals surface area contributed by atoms with E-state index in [0.29, 0.717) is 31.2 Å². The number of ether oxygens (including phenoxy) is 1. The first-order chi connectivity index (χ1) is 15.9. The third-order valence-corrected chi connectivity index (χ3v) is 6.35. The molecule has 2 aromatic rings. The van der Waals surface area contributed by atoms with Gasteiger partial charge in [-0.05, 0) is 72.6 Å². The number of carbonyl (C=O) groups is 2. The van der Waals surface area contributed by atoms with Crippen LogP contribution in [0.25, 0.3) is 0 Å². The maximum atomic E-state index is 14.1. The van der Waals surface area contributed by atoms with E-state index < -0.39 is 6.10 Å². The Bertz CT molecular complexity index is 1020. The number of hydrogen-bond acceptors (Lipinski definition) is 3. The maximum absolute atomic E-state index is 14.1. The summed E-state index contributed by atoms with van der Waals surface area (Å²) in [4.78, 5) is 27.6. The zero-order chi connectivity index (χ0) is 23.5. The van der Waals surface area contributed by atoms with Crippen LogP contribution in [0.4, 0.5) is 4.39 Å². The van der Waals surface area contributed by atoms with Gasteiger partial charge in [0.1, 0.15) is 11.6 Å². The van der Waals surface area contributed by atoms with Gasteiger partial charge in [-0.1, -0.05) is 39.0 Å². The second-order valence-electron chi connectivity index (χ2n) is 9.53. The van der Waals surface area contributed by atoms with Crippen LogP contribution in [0.2, 0.25) is 0 Å². The molecular weight excluding hydrogens is 419 g/mol. The third kappa shape index (κ3) is 5.37. The van der Waals surface area contributed by atoms with E-state index in [1.165, 1.54) is 12.1 Å². The van der Waals surface area contributed by atoms with Crippen molar-refractivity contribution in [2.75, 3.05) is 13.1 Å². The van der Waals surface area contributed by atoms with Crippen molar-refractivity contribution in [1.82, 2.24) is 10.2 Å². The number of benzene rings is 2. The van der Waals surface area contributed by atoms with Crippen molar-refractivity contribution in [1.29, 1.82) is 0 Å². The first kappa shape index (κ1) is 23.3. The van der Waals surface area contributed by atoms with E-state index in [4.69, 9.17) is 4.74 Å². The van der Waals surface area contributed by atoms with Crippen molar-refractivity contribution >= 4 is 11.8 Å². The minimum absolute atomic E-state index is 0.0798. The third-order valence-electron chi connectivity index (χ3n) is 6.35. The molecule has 1 heterocycles. The largest absolute Gasteiger partial charge is 0.481 e. The fourth-order valence-electron chi connectivity index (χ4n) is 4.41. The molecule has 2 atom stereocenters. The van der Waals surface area contributed by atoms with Crippen molar-refractivity contribution < 1.29 is 18.7 Å². The first-order valence-corrected chi connectivity index (χ1v) is 12.0. The van der Waals surface area contributed by atoms with Gasteiger partial charge in [-0.2, -0.15) is 0 Å². The summed E-state index contributed by atoms with van der Waals surface area (Å²) in [6.07, 6.45) is 2.53. The van der Waals surface area contributed by atoms with Gasteiger partial charge in [0.25, 0.3) is 5.91 Å². The normalized spacial score (nSPS) is 18.6. The Hall–Kier alpha value is -2.89. The van der Waals surface area contributed by atoms with Gasteiger partial charge in [0.05, 0.1) is 6.04 Å². The van der Waals surface area contributed by atoms with Crippen LogP contribution in [0.15, 0.2) is 42.5 Å². The molecule has 1 aliphatic heterocycles. The number of rotatable bonds is 8. The van der Waals surface area contributed by atoms with Gasteiger partial charge in [-0.15, -0.1) is 0 Å². The monoisotopic (exact) mass is 452 g/mol. The molecule has 0 saturated heterocycles. The predicted octanol–water partition coefficient (Wildman–Crippen LogP) is 4.64. The molecule has 5 nitrogen and oxygen atoms in total.